The van der Waals surface area contributed by atoms with Crippen molar-refractivity contribution in [3.63, 3.8) is 0 Å². The summed E-state index contributed by atoms with van der Waals surface area (Å²) < 4.78 is 4.92. The van der Waals surface area contributed by atoms with E-state index in [-0.39, 0.29) is 6.42 Å². The Hall–Kier alpha value is -2.21. The minimum atomic E-state index is -0.927. The molecule has 1 heterocycles. The zero-order chi connectivity index (χ0) is 17.0. The summed E-state index contributed by atoms with van der Waals surface area (Å²) in [5.74, 6) is -0.691. The molecular formula is C17H20N2O3S. The molecule has 23 heavy (non-hydrogen) atoms. The monoisotopic (exact) mass is 332 g/mol. The van der Waals surface area contributed by atoms with Crippen molar-refractivity contribution in [3.05, 3.63) is 40.9 Å². The first-order chi connectivity index (χ1) is 10.9. The first kappa shape index (κ1) is 17.1. The molecule has 5 nitrogen and oxygen atoms in total. The quantitative estimate of drug-likeness (QED) is 0.825. The molecule has 0 radical (unpaired) electrons. The standard InChI is InChI=1S/C17H20N2O3S/c1-10(2)12-4-6-13(7-5-12)17-19-14(9-23-17)8-15(20)22-11(3)16(18)21/h4-7,9-11H,8H2,1-3H3,(H2,18,21)/t11-/m1/s1. The number of carbonyl (C=O) groups excluding carboxylic acids is 2. The Kier molecular flexibility index (Phi) is 5.50. The lowest BCUT2D eigenvalue weighted by molar-refractivity contribution is -0.153. The van der Waals surface area contributed by atoms with Gasteiger partial charge in [-0.25, -0.2) is 4.98 Å². The minimum absolute atomic E-state index is 0.0260. The van der Waals surface area contributed by atoms with E-state index in [4.69, 9.17) is 10.5 Å². The van der Waals surface area contributed by atoms with Gasteiger partial charge in [-0.3, -0.25) is 9.59 Å². The van der Waals surface area contributed by atoms with Crippen molar-refractivity contribution in [2.24, 2.45) is 5.73 Å². The van der Waals surface area contributed by atoms with E-state index in [0.29, 0.717) is 11.6 Å². The number of carbonyl (C=O) groups is 2. The van der Waals surface area contributed by atoms with Crippen molar-refractivity contribution in [3.8, 4) is 10.6 Å². The molecule has 1 amide bonds. The molecule has 0 unspecified atom stereocenters. The second-order valence-electron chi connectivity index (χ2n) is 5.63. The van der Waals surface area contributed by atoms with Crippen LogP contribution in [0.3, 0.4) is 0 Å². The average molecular weight is 332 g/mol. The first-order valence-corrected chi connectivity index (χ1v) is 8.28. The predicted octanol–water partition coefficient (Wildman–Crippen LogP) is 2.89. The zero-order valence-corrected chi connectivity index (χ0v) is 14.2. The van der Waals surface area contributed by atoms with E-state index in [1.807, 2.05) is 17.5 Å². The molecule has 0 aliphatic carbocycles. The maximum atomic E-state index is 11.7. The Bertz CT molecular complexity index is 692. The van der Waals surface area contributed by atoms with Gasteiger partial charge in [0.2, 0.25) is 0 Å². The number of rotatable bonds is 6. The van der Waals surface area contributed by atoms with Gasteiger partial charge in [-0.05, 0) is 18.4 Å². The van der Waals surface area contributed by atoms with Crippen LogP contribution in [-0.2, 0) is 20.7 Å². The number of ether oxygens (including phenoxy) is 1. The van der Waals surface area contributed by atoms with Crippen LogP contribution >= 0.6 is 11.3 Å². The minimum Gasteiger partial charge on any atom is -0.452 e. The molecule has 1 atom stereocenters. The number of benzene rings is 1. The second kappa shape index (κ2) is 7.37. The van der Waals surface area contributed by atoms with Crippen LogP contribution in [0.15, 0.2) is 29.6 Å². The molecule has 1 aromatic heterocycles. The van der Waals surface area contributed by atoms with E-state index in [1.54, 1.807) is 0 Å². The molecule has 2 rings (SSSR count). The molecule has 0 aliphatic rings. The lowest BCUT2D eigenvalue weighted by Gasteiger charge is -2.08. The normalized spacial score (nSPS) is 12.2. The Morgan fingerprint density at radius 2 is 1.87 bits per heavy atom. The topological polar surface area (TPSA) is 82.3 Å². The van der Waals surface area contributed by atoms with Crippen LogP contribution in [0.2, 0.25) is 0 Å². The Morgan fingerprint density at radius 3 is 2.43 bits per heavy atom. The molecule has 0 saturated carbocycles. The van der Waals surface area contributed by atoms with E-state index < -0.39 is 18.0 Å². The fraction of sp³-hybridized carbons (Fsp3) is 0.353. The number of hydrogen-bond acceptors (Lipinski definition) is 5. The molecule has 2 N–H and O–H groups in total. The molecule has 1 aromatic carbocycles. The summed E-state index contributed by atoms with van der Waals surface area (Å²) >= 11 is 1.47. The number of thiazole rings is 1. The van der Waals surface area contributed by atoms with Gasteiger partial charge in [0.25, 0.3) is 5.91 Å². The Balaban J connectivity index is 2.03. The molecule has 0 saturated heterocycles. The van der Waals surface area contributed by atoms with Gasteiger partial charge in [-0.1, -0.05) is 38.1 Å². The highest BCUT2D eigenvalue weighted by atomic mass is 32.1. The van der Waals surface area contributed by atoms with E-state index in [1.165, 1.54) is 23.8 Å². The van der Waals surface area contributed by atoms with Crippen LogP contribution in [0, 0.1) is 0 Å². The smallest absolute Gasteiger partial charge is 0.312 e. The number of amides is 1. The lowest BCUT2D eigenvalue weighted by Crippen LogP contribution is -2.30. The maximum absolute atomic E-state index is 11.7. The largest absolute Gasteiger partial charge is 0.452 e. The van der Waals surface area contributed by atoms with E-state index in [9.17, 15) is 9.59 Å². The van der Waals surface area contributed by atoms with Crippen LogP contribution in [0.25, 0.3) is 10.6 Å². The van der Waals surface area contributed by atoms with Crippen molar-refractivity contribution in [2.45, 2.75) is 39.2 Å². The summed E-state index contributed by atoms with van der Waals surface area (Å²) in [6, 6.07) is 8.24. The Morgan fingerprint density at radius 1 is 1.22 bits per heavy atom. The SMILES string of the molecule is CC(C)c1ccc(-c2nc(CC(=O)O[C@H](C)C(N)=O)cs2)cc1. The molecule has 2 aromatic rings. The highest BCUT2D eigenvalue weighted by Gasteiger charge is 2.16. The zero-order valence-electron chi connectivity index (χ0n) is 13.4. The number of hydrogen-bond donors (Lipinski definition) is 1. The van der Waals surface area contributed by atoms with E-state index in [0.717, 1.165) is 10.6 Å². The number of primary amides is 1. The Labute approximate surface area is 139 Å². The third-order valence-corrected chi connectivity index (χ3v) is 4.35. The van der Waals surface area contributed by atoms with Crippen LogP contribution in [-0.4, -0.2) is 23.0 Å². The molecule has 0 spiro atoms. The molecule has 0 aliphatic heterocycles. The fourth-order valence-corrected chi connectivity index (χ4v) is 2.80. The molecule has 0 fully saturated rings. The number of nitrogens with zero attached hydrogens (tertiary/aromatic N) is 1. The summed E-state index contributed by atoms with van der Waals surface area (Å²) in [6.07, 6.45) is -0.901. The molecule has 122 valence electrons. The summed E-state index contributed by atoms with van der Waals surface area (Å²) in [5.41, 5.74) is 7.98. The molecule has 0 bridgehead atoms. The van der Waals surface area contributed by atoms with Crippen LogP contribution in [0.4, 0.5) is 0 Å². The van der Waals surface area contributed by atoms with Crippen molar-refractivity contribution >= 4 is 23.2 Å². The number of aromatic nitrogens is 1. The van der Waals surface area contributed by atoms with Crippen molar-refractivity contribution in [1.29, 1.82) is 0 Å². The highest BCUT2D eigenvalue weighted by Crippen LogP contribution is 2.26. The fourth-order valence-electron chi connectivity index (χ4n) is 1.98. The van der Waals surface area contributed by atoms with Crippen molar-refractivity contribution in [1.82, 2.24) is 4.98 Å². The van der Waals surface area contributed by atoms with Crippen LogP contribution in [0.5, 0.6) is 0 Å². The van der Waals surface area contributed by atoms with Gasteiger partial charge in [0.05, 0.1) is 12.1 Å². The van der Waals surface area contributed by atoms with E-state index >= 15 is 0 Å². The lowest BCUT2D eigenvalue weighted by atomic mass is 10.0. The van der Waals surface area contributed by atoms with Crippen LogP contribution in [0.1, 0.15) is 37.9 Å². The van der Waals surface area contributed by atoms with Gasteiger partial charge in [0, 0.05) is 10.9 Å². The van der Waals surface area contributed by atoms with Gasteiger partial charge in [0.15, 0.2) is 6.10 Å². The number of esters is 1. The van der Waals surface area contributed by atoms with Crippen molar-refractivity contribution in [2.75, 3.05) is 0 Å². The van der Waals surface area contributed by atoms with Gasteiger partial charge in [-0.15, -0.1) is 11.3 Å². The predicted molar refractivity (Wildman–Crippen MR) is 90.1 cm³/mol. The first-order valence-electron chi connectivity index (χ1n) is 7.40. The third-order valence-electron chi connectivity index (χ3n) is 3.41. The second-order valence-corrected chi connectivity index (χ2v) is 6.49. The molecular weight excluding hydrogens is 312 g/mol. The summed E-state index contributed by atoms with van der Waals surface area (Å²) in [6.45, 7) is 5.74. The average Bonchev–Trinajstić information content (AvgIpc) is 2.95. The van der Waals surface area contributed by atoms with Gasteiger partial charge >= 0.3 is 5.97 Å². The van der Waals surface area contributed by atoms with Gasteiger partial charge < -0.3 is 10.5 Å². The van der Waals surface area contributed by atoms with Crippen LogP contribution < -0.4 is 5.73 Å². The van der Waals surface area contributed by atoms with E-state index in [2.05, 4.69) is 31.0 Å². The summed E-state index contributed by atoms with van der Waals surface area (Å²) in [5, 5.41) is 2.67. The van der Waals surface area contributed by atoms with Gasteiger partial charge in [0.1, 0.15) is 5.01 Å². The highest BCUT2D eigenvalue weighted by molar-refractivity contribution is 7.13. The molecule has 6 heteroatoms. The summed E-state index contributed by atoms with van der Waals surface area (Å²) in [4.78, 5) is 27.1. The van der Waals surface area contributed by atoms with Gasteiger partial charge in [-0.2, -0.15) is 0 Å². The summed E-state index contributed by atoms with van der Waals surface area (Å²) in [7, 11) is 0. The number of nitrogens with two attached hydrogens (primary N) is 1. The van der Waals surface area contributed by atoms with Crippen molar-refractivity contribution < 1.29 is 14.3 Å². The maximum Gasteiger partial charge on any atom is 0.312 e. The third kappa shape index (κ3) is 4.63.